The molecular formula is C21H27FN4O3S. The lowest BCUT2D eigenvalue weighted by molar-refractivity contribution is 0.0759. The molecule has 7 nitrogen and oxygen atoms in total. The molecule has 1 atom stereocenters. The molecule has 4 rings (SSSR count). The van der Waals surface area contributed by atoms with Crippen LogP contribution in [-0.2, 0) is 10.0 Å². The zero-order valence-corrected chi connectivity index (χ0v) is 17.7. The average molecular weight is 435 g/mol. The summed E-state index contributed by atoms with van der Waals surface area (Å²) in [5, 5.41) is 7.07. The van der Waals surface area contributed by atoms with E-state index in [4.69, 9.17) is 0 Å². The largest absolute Gasteiger partial charge is 0.339 e. The van der Waals surface area contributed by atoms with Crippen molar-refractivity contribution >= 4 is 15.9 Å². The average Bonchev–Trinajstić information content (AvgIpc) is 3.09. The summed E-state index contributed by atoms with van der Waals surface area (Å²) in [5.41, 5.74) is 1.26. The Bertz CT molecular complexity index is 982. The van der Waals surface area contributed by atoms with Gasteiger partial charge in [0.15, 0.2) is 0 Å². The highest BCUT2D eigenvalue weighted by molar-refractivity contribution is 7.89. The first-order chi connectivity index (χ1) is 14.5. The van der Waals surface area contributed by atoms with Crippen LogP contribution in [0.15, 0.2) is 35.4 Å². The van der Waals surface area contributed by atoms with Crippen LogP contribution >= 0.6 is 0 Å². The van der Waals surface area contributed by atoms with Crippen LogP contribution in [-0.4, -0.2) is 59.9 Å². The molecule has 2 saturated heterocycles. The van der Waals surface area contributed by atoms with E-state index < -0.39 is 15.8 Å². The van der Waals surface area contributed by atoms with Gasteiger partial charge in [-0.3, -0.25) is 9.89 Å². The SMILES string of the molecule is O=C(c1cn[nH]c1C1CCCN(S(=O)(=O)c2ccc(F)cc2)C1)N1CCCCCC1. The third kappa shape index (κ3) is 4.27. The number of H-pyrrole nitrogens is 1. The molecule has 1 unspecified atom stereocenters. The minimum atomic E-state index is -3.72. The highest BCUT2D eigenvalue weighted by Gasteiger charge is 2.34. The van der Waals surface area contributed by atoms with Gasteiger partial charge in [-0.1, -0.05) is 12.8 Å². The van der Waals surface area contributed by atoms with Crippen molar-refractivity contribution in [2.75, 3.05) is 26.2 Å². The Morgan fingerprint density at radius 2 is 1.73 bits per heavy atom. The molecule has 0 bridgehead atoms. The van der Waals surface area contributed by atoms with Crippen molar-refractivity contribution in [2.24, 2.45) is 0 Å². The maximum atomic E-state index is 13.2. The summed E-state index contributed by atoms with van der Waals surface area (Å²) in [6.07, 6.45) is 7.31. The molecule has 3 heterocycles. The van der Waals surface area contributed by atoms with E-state index in [9.17, 15) is 17.6 Å². The summed E-state index contributed by atoms with van der Waals surface area (Å²) >= 11 is 0. The third-order valence-electron chi connectivity index (χ3n) is 6.04. The van der Waals surface area contributed by atoms with Gasteiger partial charge in [0.25, 0.3) is 5.91 Å². The Kier molecular flexibility index (Phi) is 6.19. The smallest absolute Gasteiger partial charge is 0.257 e. The van der Waals surface area contributed by atoms with E-state index in [1.54, 1.807) is 6.20 Å². The monoisotopic (exact) mass is 434 g/mol. The van der Waals surface area contributed by atoms with Crippen LogP contribution in [0.1, 0.15) is 60.5 Å². The van der Waals surface area contributed by atoms with Crippen LogP contribution in [0.3, 0.4) is 0 Å². The van der Waals surface area contributed by atoms with Crippen LogP contribution in [0.5, 0.6) is 0 Å². The van der Waals surface area contributed by atoms with Gasteiger partial charge >= 0.3 is 0 Å². The standard InChI is InChI=1S/C21H27FN4O3S/c22-17-7-9-18(10-8-17)30(28,29)26-13-5-6-16(15-26)20-19(14-23-24-20)21(27)25-11-3-1-2-4-12-25/h7-10,14,16H,1-6,11-13,15H2,(H,23,24). The second kappa shape index (κ2) is 8.85. The van der Waals surface area contributed by atoms with Crippen molar-refractivity contribution < 1.29 is 17.6 Å². The first-order valence-electron chi connectivity index (χ1n) is 10.5. The lowest BCUT2D eigenvalue weighted by Crippen LogP contribution is -2.40. The Morgan fingerprint density at radius 3 is 2.43 bits per heavy atom. The topological polar surface area (TPSA) is 86.4 Å². The Morgan fingerprint density at radius 1 is 1.03 bits per heavy atom. The van der Waals surface area contributed by atoms with Crippen molar-refractivity contribution in [3.63, 3.8) is 0 Å². The molecule has 30 heavy (non-hydrogen) atoms. The number of hydrogen-bond donors (Lipinski definition) is 1. The molecule has 1 aromatic heterocycles. The molecule has 0 spiro atoms. The van der Waals surface area contributed by atoms with Gasteiger partial charge in [-0.15, -0.1) is 0 Å². The number of amides is 1. The van der Waals surface area contributed by atoms with Gasteiger partial charge in [-0.2, -0.15) is 9.40 Å². The van der Waals surface area contributed by atoms with Crippen LogP contribution in [0.25, 0.3) is 0 Å². The van der Waals surface area contributed by atoms with E-state index in [0.29, 0.717) is 24.2 Å². The summed E-state index contributed by atoms with van der Waals surface area (Å²) < 4.78 is 40.7. The molecule has 1 N–H and O–H groups in total. The summed E-state index contributed by atoms with van der Waals surface area (Å²) in [7, 11) is -3.72. The van der Waals surface area contributed by atoms with E-state index in [0.717, 1.165) is 57.3 Å². The molecule has 162 valence electrons. The van der Waals surface area contributed by atoms with E-state index in [-0.39, 0.29) is 23.3 Å². The Labute approximate surface area is 176 Å². The molecule has 2 aromatic rings. The van der Waals surface area contributed by atoms with Gasteiger partial charge in [0.1, 0.15) is 5.82 Å². The molecule has 1 aromatic carbocycles. The second-order valence-electron chi connectivity index (χ2n) is 8.06. The molecule has 2 aliphatic rings. The quantitative estimate of drug-likeness (QED) is 0.801. The van der Waals surface area contributed by atoms with E-state index in [1.807, 2.05) is 4.90 Å². The number of carbonyl (C=O) groups is 1. The van der Waals surface area contributed by atoms with Gasteiger partial charge in [-0.25, -0.2) is 12.8 Å². The summed E-state index contributed by atoms with van der Waals surface area (Å²) in [6.45, 7) is 2.17. The van der Waals surface area contributed by atoms with Gasteiger partial charge in [0.05, 0.1) is 22.3 Å². The maximum absolute atomic E-state index is 13.2. The van der Waals surface area contributed by atoms with Gasteiger partial charge in [0, 0.05) is 32.1 Å². The van der Waals surface area contributed by atoms with Crippen molar-refractivity contribution in [1.29, 1.82) is 0 Å². The fourth-order valence-corrected chi connectivity index (χ4v) is 5.90. The summed E-state index contributed by atoms with van der Waals surface area (Å²) in [5.74, 6) is -0.638. The van der Waals surface area contributed by atoms with Crippen LogP contribution in [0.2, 0.25) is 0 Å². The number of likely N-dealkylation sites (tertiary alicyclic amines) is 1. The number of aromatic amines is 1. The van der Waals surface area contributed by atoms with Crippen molar-refractivity contribution in [2.45, 2.75) is 49.3 Å². The number of rotatable bonds is 4. The molecule has 0 saturated carbocycles. The molecule has 0 radical (unpaired) electrons. The van der Waals surface area contributed by atoms with Crippen LogP contribution in [0.4, 0.5) is 4.39 Å². The number of hydrogen-bond acceptors (Lipinski definition) is 4. The molecule has 1 amide bonds. The summed E-state index contributed by atoms with van der Waals surface area (Å²) in [6, 6.07) is 4.89. The van der Waals surface area contributed by atoms with E-state index >= 15 is 0 Å². The van der Waals surface area contributed by atoms with E-state index in [2.05, 4.69) is 10.2 Å². The Balaban J connectivity index is 1.54. The van der Waals surface area contributed by atoms with Gasteiger partial charge in [0.2, 0.25) is 10.0 Å². The number of piperidine rings is 1. The number of aromatic nitrogens is 2. The predicted molar refractivity (Wildman–Crippen MR) is 110 cm³/mol. The highest BCUT2D eigenvalue weighted by atomic mass is 32.2. The molecule has 9 heteroatoms. The first kappa shape index (κ1) is 21.0. The molecule has 2 aliphatic heterocycles. The molecule has 0 aliphatic carbocycles. The first-order valence-corrected chi connectivity index (χ1v) is 12.0. The maximum Gasteiger partial charge on any atom is 0.257 e. The number of sulfonamides is 1. The zero-order valence-electron chi connectivity index (χ0n) is 16.9. The van der Waals surface area contributed by atoms with Crippen molar-refractivity contribution in [1.82, 2.24) is 19.4 Å². The van der Waals surface area contributed by atoms with Gasteiger partial charge < -0.3 is 4.90 Å². The molecular weight excluding hydrogens is 407 g/mol. The lowest BCUT2D eigenvalue weighted by Gasteiger charge is -2.32. The zero-order chi connectivity index (χ0) is 21.1. The van der Waals surface area contributed by atoms with Crippen molar-refractivity contribution in [3.8, 4) is 0 Å². The number of carbonyl (C=O) groups excluding carboxylic acids is 1. The fraction of sp³-hybridized carbons (Fsp3) is 0.524. The van der Waals surface area contributed by atoms with Gasteiger partial charge in [-0.05, 0) is 49.9 Å². The molecule has 2 fully saturated rings. The second-order valence-corrected chi connectivity index (χ2v) is 10.00. The minimum Gasteiger partial charge on any atom is -0.339 e. The number of nitrogens with one attached hydrogen (secondary N) is 1. The highest BCUT2D eigenvalue weighted by Crippen LogP contribution is 2.31. The number of benzene rings is 1. The van der Waals surface area contributed by atoms with Crippen molar-refractivity contribution in [3.05, 3.63) is 47.5 Å². The minimum absolute atomic E-state index is 0.0286. The lowest BCUT2D eigenvalue weighted by atomic mass is 9.93. The Hall–Kier alpha value is -2.26. The fourth-order valence-electron chi connectivity index (χ4n) is 4.37. The number of halogens is 1. The number of nitrogens with zero attached hydrogens (tertiary/aromatic N) is 3. The third-order valence-corrected chi connectivity index (χ3v) is 7.92. The normalized spacial score (nSPS) is 21.4. The summed E-state index contributed by atoms with van der Waals surface area (Å²) in [4.78, 5) is 15.1. The van der Waals surface area contributed by atoms with Crippen LogP contribution in [0, 0.1) is 5.82 Å². The van der Waals surface area contributed by atoms with E-state index in [1.165, 1.54) is 16.4 Å². The van der Waals surface area contributed by atoms with Crippen LogP contribution < -0.4 is 0 Å². The predicted octanol–water partition coefficient (Wildman–Crippen LogP) is 3.13.